The minimum atomic E-state index is -1.24. The number of aliphatic hydroxyl groups is 1. The average Bonchev–Trinajstić information content (AvgIpc) is 3.36. The number of carbonyl (C=O) groups is 2. The Morgan fingerprint density at radius 1 is 1.28 bits per heavy atom. The van der Waals surface area contributed by atoms with Crippen LogP contribution >= 0.6 is 0 Å². The molecule has 2 heterocycles. The highest BCUT2D eigenvalue weighted by Gasteiger charge is 2.46. The van der Waals surface area contributed by atoms with E-state index in [0.29, 0.717) is 42.4 Å². The van der Waals surface area contributed by atoms with E-state index in [2.05, 4.69) is 0 Å². The molecule has 134 valence electrons. The fourth-order valence-electron chi connectivity index (χ4n) is 4.00. The summed E-state index contributed by atoms with van der Waals surface area (Å²) in [7, 11) is 0. The maximum atomic E-state index is 14.8. The van der Waals surface area contributed by atoms with E-state index in [1.807, 2.05) is 4.90 Å². The minimum Gasteiger partial charge on any atom is -0.396 e. The number of nitrogens with two attached hydrogens (primary N) is 1. The molecule has 3 aliphatic rings. The van der Waals surface area contributed by atoms with Gasteiger partial charge >= 0.3 is 0 Å². The van der Waals surface area contributed by atoms with Crippen LogP contribution < -0.4 is 15.5 Å². The first-order valence-electron chi connectivity index (χ1n) is 8.75. The van der Waals surface area contributed by atoms with E-state index in [1.54, 1.807) is 11.8 Å². The van der Waals surface area contributed by atoms with E-state index in [-0.39, 0.29) is 24.1 Å². The van der Waals surface area contributed by atoms with Crippen molar-refractivity contribution in [3.8, 4) is 0 Å². The molecule has 0 bridgehead atoms. The van der Waals surface area contributed by atoms with Crippen LogP contribution in [-0.2, 0) is 4.79 Å². The first-order valence-corrected chi connectivity index (χ1v) is 8.75. The van der Waals surface area contributed by atoms with Gasteiger partial charge in [-0.25, -0.2) is 4.39 Å². The van der Waals surface area contributed by atoms with Crippen molar-refractivity contribution in [1.29, 1.82) is 0 Å². The van der Waals surface area contributed by atoms with E-state index >= 15 is 0 Å². The van der Waals surface area contributed by atoms with Gasteiger partial charge in [0.1, 0.15) is 11.9 Å². The van der Waals surface area contributed by atoms with E-state index < -0.39 is 17.6 Å². The molecule has 1 aromatic carbocycles. The highest BCUT2D eigenvalue weighted by atomic mass is 19.1. The second-order valence-corrected chi connectivity index (χ2v) is 7.29. The molecule has 3 N–H and O–H groups in total. The number of ketones is 1. The largest absolute Gasteiger partial charge is 0.396 e. The molecule has 1 aromatic rings. The average molecular weight is 347 g/mol. The van der Waals surface area contributed by atoms with Gasteiger partial charge in [0.2, 0.25) is 0 Å². The van der Waals surface area contributed by atoms with Gasteiger partial charge in [0, 0.05) is 31.3 Å². The van der Waals surface area contributed by atoms with Crippen LogP contribution in [0.1, 0.15) is 35.2 Å². The third kappa shape index (κ3) is 2.45. The topological polar surface area (TPSA) is 86.9 Å². The summed E-state index contributed by atoms with van der Waals surface area (Å²) in [5.41, 5.74) is 7.60. The molecule has 1 atom stereocenters. The summed E-state index contributed by atoms with van der Waals surface area (Å²) >= 11 is 0. The van der Waals surface area contributed by atoms with E-state index in [4.69, 9.17) is 10.8 Å². The number of nitrogens with zero attached hydrogens (tertiary/aromatic N) is 2. The number of anilines is 2. The highest BCUT2D eigenvalue weighted by Crippen LogP contribution is 2.44. The zero-order chi connectivity index (χ0) is 17.9. The summed E-state index contributed by atoms with van der Waals surface area (Å²) in [6.07, 6.45) is 2.45. The predicted molar refractivity (Wildman–Crippen MR) is 91.4 cm³/mol. The van der Waals surface area contributed by atoms with Crippen LogP contribution in [0.2, 0.25) is 0 Å². The molecule has 2 fully saturated rings. The number of amides is 1. The number of hydrogen-bond donors (Lipinski definition) is 2. The van der Waals surface area contributed by atoms with Crippen molar-refractivity contribution in [2.75, 3.05) is 29.5 Å². The van der Waals surface area contributed by atoms with Gasteiger partial charge in [0.15, 0.2) is 5.78 Å². The lowest BCUT2D eigenvalue weighted by Crippen LogP contribution is -2.54. The van der Waals surface area contributed by atoms with Crippen molar-refractivity contribution in [2.45, 2.75) is 38.3 Å². The molecule has 0 spiro atoms. The standard InChI is InChI=1S/C18H22FN3O3/c1-9-15-12(17(24)14(20)18(25)22(15)11-2-3-11)6-13(19)16(9)21-7-10(8-21)4-5-23/h6,10-11,14,23H,2-5,7-8,20H2,1H3. The van der Waals surface area contributed by atoms with Gasteiger partial charge in [-0.2, -0.15) is 0 Å². The fourth-order valence-corrected chi connectivity index (χ4v) is 4.00. The summed E-state index contributed by atoms with van der Waals surface area (Å²) in [5, 5.41) is 9.03. The Hall–Kier alpha value is -1.99. The SMILES string of the molecule is Cc1c(N2CC(CCO)C2)c(F)cc2c1N(C1CC1)C(=O)C(N)C2=O. The Morgan fingerprint density at radius 2 is 1.96 bits per heavy atom. The second kappa shape index (κ2) is 5.78. The van der Waals surface area contributed by atoms with Crippen molar-refractivity contribution >= 4 is 23.1 Å². The smallest absolute Gasteiger partial charge is 0.252 e. The number of halogens is 1. The van der Waals surface area contributed by atoms with E-state index in [9.17, 15) is 14.0 Å². The Morgan fingerprint density at radius 3 is 2.56 bits per heavy atom. The van der Waals surface area contributed by atoms with Crippen LogP contribution in [0.25, 0.3) is 0 Å². The lowest BCUT2D eigenvalue weighted by Gasteiger charge is -2.43. The Labute approximate surface area is 145 Å². The van der Waals surface area contributed by atoms with Gasteiger partial charge in [0.25, 0.3) is 5.91 Å². The Balaban J connectivity index is 1.77. The quantitative estimate of drug-likeness (QED) is 0.793. The molecule has 0 radical (unpaired) electrons. The monoisotopic (exact) mass is 347 g/mol. The maximum Gasteiger partial charge on any atom is 0.252 e. The number of Topliss-reactive ketones (excluding diaryl/α,β-unsaturated/α-hetero) is 1. The van der Waals surface area contributed by atoms with E-state index in [0.717, 1.165) is 12.8 Å². The third-order valence-corrected chi connectivity index (χ3v) is 5.48. The molecule has 1 unspecified atom stereocenters. The number of carbonyl (C=O) groups excluding carboxylic acids is 2. The first-order chi connectivity index (χ1) is 11.9. The van der Waals surface area contributed by atoms with Crippen LogP contribution in [0.3, 0.4) is 0 Å². The van der Waals surface area contributed by atoms with Gasteiger partial charge in [-0.05, 0) is 43.7 Å². The van der Waals surface area contributed by atoms with Crippen molar-refractivity contribution in [2.24, 2.45) is 11.7 Å². The summed E-state index contributed by atoms with van der Waals surface area (Å²) in [6, 6.07) is 0.0535. The van der Waals surface area contributed by atoms with Crippen molar-refractivity contribution in [3.63, 3.8) is 0 Å². The van der Waals surface area contributed by atoms with Crippen LogP contribution in [0.4, 0.5) is 15.8 Å². The zero-order valence-corrected chi connectivity index (χ0v) is 14.2. The molecular formula is C18H22FN3O3. The number of aliphatic hydroxyl groups excluding tert-OH is 1. The van der Waals surface area contributed by atoms with Crippen LogP contribution in [0.5, 0.6) is 0 Å². The fraction of sp³-hybridized carbons (Fsp3) is 0.556. The van der Waals surface area contributed by atoms with Gasteiger partial charge in [0.05, 0.1) is 11.4 Å². The molecule has 6 nitrogen and oxygen atoms in total. The van der Waals surface area contributed by atoms with E-state index in [1.165, 1.54) is 6.07 Å². The lowest BCUT2D eigenvalue weighted by atomic mass is 9.89. The summed E-state index contributed by atoms with van der Waals surface area (Å²) in [5.74, 6) is -1.00. The highest BCUT2D eigenvalue weighted by molar-refractivity contribution is 6.25. The molecule has 25 heavy (non-hydrogen) atoms. The molecule has 7 heteroatoms. The van der Waals surface area contributed by atoms with Gasteiger partial charge in [-0.15, -0.1) is 0 Å². The van der Waals surface area contributed by atoms with Gasteiger partial charge in [-0.1, -0.05) is 0 Å². The molecular weight excluding hydrogens is 325 g/mol. The lowest BCUT2D eigenvalue weighted by molar-refractivity contribution is -0.119. The molecule has 0 aromatic heterocycles. The number of fused-ring (bicyclic) bond motifs is 1. The van der Waals surface area contributed by atoms with Crippen molar-refractivity contribution < 1.29 is 19.1 Å². The molecule has 1 saturated heterocycles. The first kappa shape index (κ1) is 16.5. The Kier molecular flexibility index (Phi) is 3.81. The number of rotatable bonds is 4. The minimum absolute atomic E-state index is 0.0564. The summed E-state index contributed by atoms with van der Waals surface area (Å²) in [6.45, 7) is 3.23. The normalized spacial score (nSPS) is 23.8. The zero-order valence-electron chi connectivity index (χ0n) is 14.2. The van der Waals surface area contributed by atoms with Crippen LogP contribution in [0, 0.1) is 18.7 Å². The van der Waals surface area contributed by atoms with Crippen LogP contribution in [-0.4, -0.2) is 48.6 Å². The van der Waals surface area contributed by atoms with Crippen LogP contribution in [0.15, 0.2) is 6.07 Å². The van der Waals surface area contributed by atoms with Gasteiger partial charge < -0.3 is 20.6 Å². The molecule has 4 rings (SSSR count). The maximum absolute atomic E-state index is 14.8. The van der Waals surface area contributed by atoms with Crippen molar-refractivity contribution in [3.05, 3.63) is 23.0 Å². The Bertz CT molecular complexity index is 756. The molecule has 1 saturated carbocycles. The number of benzene rings is 1. The number of hydrogen-bond acceptors (Lipinski definition) is 5. The molecule has 2 aliphatic heterocycles. The second-order valence-electron chi connectivity index (χ2n) is 7.29. The summed E-state index contributed by atoms with van der Waals surface area (Å²) < 4.78 is 14.8. The molecule has 1 amide bonds. The molecule has 1 aliphatic carbocycles. The van der Waals surface area contributed by atoms with Crippen molar-refractivity contribution in [1.82, 2.24) is 0 Å². The summed E-state index contributed by atoms with van der Waals surface area (Å²) in [4.78, 5) is 28.5. The predicted octanol–water partition coefficient (Wildman–Crippen LogP) is 0.972. The third-order valence-electron chi connectivity index (χ3n) is 5.48. The van der Waals surface area contributed by atoms with Gasteiger partial charge in [-0.3, -0.25) is 9.59 Å².